The van der Waals surface area contributed by atoms with Crippen molar-refractivity contribution in [1.82, 2.24) is 15.1 Å². The van der Waals surface area contributed by atoms with Gasteiger partial charge in [0.1, 0.15) is 11.6 Å². The Hall–Kier alpha value is -1.31. The normalized spacial score (nSPS) is 18.9. The first-order valence-electron chi connectivity index (χ1n) is 6.62. The van der Waals surface area contributed by atoms with Crippen LogP contribution in [0.15, 0.2) is 12.2 Å². The molecular formula is C13H20N4O2S. The molecule has 0 spiro atoms. The van der Waals surface area contributed by atoms with Crippen molar-refractivity contribution in [1.29, 1.82) is 0 Å². The summed E-state index contributed by atoms with van der Waals surface area (Å²) in [7, 11) is 1.60. The van der Waals surface area contributed by atoms with Crippen LogP contribution in [0.5, 0.6) is 0 Å². The van der Waals surface area contributed by atoms with Crippen molar-refractivity contribution in [3.8, 4) is 0 Å². The van der Waals surface area contributed by atoms with Gasteiger partial charge in [0.25, 0.3) is 0 Å². The summed E-state index contributed by atoms with van der Waals surface area (Å²) in [4.78, 5) is 14.2. The highest BCUT2D eigenvalue weighted by molar-refractivity contribution is 7.15. The standard InChI is InChI=1S/C13H20N4O2S/c1-9(2)10-5-4-6-17(10)7-11(18)14-13-16-15-12(20-13)8-19-3/h4-5,9-10H,6-8H2,1-3H3,(H,14,16,18). The van der Waals surface area contributed by atoms with E-state index in [4.69, 9.17) is 4.74 Å². The number of carbonyl (C=O) groups is 1. The van der Waals surface area contributed by atoms with Gasteiger partial charge in [0.05, 0.1) is 6.54 Å². The van der Waals surface area contributed by atoms with Crippen LogP contribution >= 0.6 is 11.3 Å². The van der Waals surface area contributed by atoms with Crippen molar-refractivity contribution in [2.45, 2.75) is 26.5 Å². The second-order valence-corrected chi connectivity index (χ2v) is 6.14. The van der Waals surface area contributed by atoms with Gasteiger partial charge in [-0.1, -0.05) is 37.3 Å². The Labute approximate surface area is 122 Å². The third-order valence-electron chi connectivity index (χ3n) is 3.11. The molecule has 1 aromatic heterocycles. The Balaban J connectivity index is 1.85. The lowest BCUT2D eigenvalue weighted by atomic mass is 10.0. The summed E-state index contributed by atoms with van der Waals surface area (Å²) in [5, 5.41) is 11.9. The Morgan fingerprint density at radius 1 is 1.60 bits per heavy atom. The van der Waals surface area contributed by atoms with E-state index in [9.17, 15) is 4.79 Å². The van der Waals surface area contributed by atoms with E-state index < -0.39 is 0 Å². The molecule has 6 nitrogen and oxygen atoms in total. The van der Waals surface area contributed by atoms with E-state index in [0.717, 1.165) is 11.6 Å². The van der Waals surface area contributed by atoms with Gasteiger partial charge in [0.15, 0.2) is 0 Å². The molecule has 1 amide bonds. The van der Waals surface area contributed by atoms with Crippen LogP contribution in [0.4, 0.5) is 5.13 Å². The number of ether oxygens (including phenoxy) is 1. The monoisotopic (exact) mass is 296 g/mol. The fraction of sp³-hybridized carbons (Fsp3) is 0.615. The first kappa shape index (κ1) is 15.1. The van der Waals surface area contributed by atoms with Gasteiger partial charge in [-0.3, -0.25) is 15.0 Å². The molecule has 0 fully saturated rings. The Kier molecular flexibility index (Phi) is 5.22. The molecule has 1 aliphatic rings. The van der Waals surface area contributed by atoms with Gasteiger partial charge in [-0.2, -0.15) is 0 Å². The molecule has 0 saturated carbocycles. The topological polar surface area (TPSA) is 67.4 Å². The predicted molar refractivity (Wildman–Crippen MR) is 78.6 cm³/mol. The molecule has 20 heavy (non-hydrogen) atoms. The Bertz CT molecular complexity index is 486. The number of anilines is 1. The summed E-state index contributed by atoms with van der Waals surface area (Å²) < 4.78 is 4.97. The van der Waals surface area contributed by atoms with Crippen LogP contribution in [-0.4, -0.2) is 47.2 Å². The summed E-state index contributed by atoms with van der Waals surface area (Å²) in [5.41, 5.74) is 0. The van der Waals surface area contributed by atoms with E-state index >= 15 is 0 Å². The number of aromatic nitrogens is 2. The number of rotatable bonds is 6. The van der Waals surface area contributed by atoms with E-state index in [1.54, 1.807) is 7.11 Å². The van der Waals surface area contributed by atoms with Crippen LogP contribution in [0, 0.1) is 5.92 Å². The van der Waals surface area contributed by atoms with Gasteiger partial charge in [0, 0.05) is 19.7 Å². The number of hydrogen-bond acceptors (Lipinski definition) is 6. The van der Waals surface area contributed by atoms with Crippen LogP contribution in [0.2, 0.25) is 0 Å². The summed E-state index contributed by atoms with van der Waals surface area (Å²) >= 11 is 1.34. The first-order valence-corrected chi connectivity index (χ1v) is 7.43. The molecule has 7 heteroatoms. The third-order valence-corrected chi connectivity index (χ3v) is 3.92. The lowest BCUT2D eigenvalue weighted by Gasteiger charge is -2.26. The lowest BCUT2D eigenvalue weighted by Crippen LogP contribution is -2.39. The van der Waals surface area contributed by atoms with Crippen LogP contribution in [0.3, 0.4) is 0 Å². The molecule has 1 N–H and O–H groups in total. The zero-order chi connectivity index (χ0) is 14.5. The molecular weight excluding hydrogens is 276 g/mol. The minimum atomic E-state index is -0.0560. The van der Waals surface area contributed by atoms with Gasteiger partial charge < -0.3 is 4.74 Å². The van der Waals surface area contributed by atoms with Crippen molar-refractivity contribution in [3.63, 3.8) is 0 Å². The molecule has 1 aromatic rings. The number of nitrogens with zero attached hydrogens (tertiary/aromatic N) is 3. The Morgan fingerprint density at radius 2 is 2.40 bits per heavy atom. The van der Waals surface area contributed by atoms with Gasteiger partial charge in [-0.15, -0.1) is 10.2 Å². The first-order chi connectivity index (χ1) is 9.60. The number of hydrogen-bond donors (Lipinski definition) is 1. The molecule has 1 aliphatic heterocycles. The number of methoxy groups -OCH3 is 1. The van der Waals surface area contributed by atoms with E-state index in [1.807, 2.05) is 0 Å². The molecule has 2 heterocycles. The minimum absolute atomic E-state index is 0.0560. The second-order valence-electron chi connectivity index (χ2n) is 5.07. The van der Waals surface area contributed by atoms with E-state index in [0.29, 0.717) is 30.2 Å². The highest BCUT2D eigenvalue weighted by atomic mass is 32.1. The van der Waals surface area contributed by atoms with Gasteiger partial charge in [-0.25, -0.2) is 0 Å². The van der Waals surface area contributed by atoms with Gasteiger partial charge >= 0.3 is 0 Å². The van der Waals surface area contributed by atoms with E-state index in [-0.39, 0.29) is 5.91 Å². The van der Waals surface area contributed by atoms with Gasteiger partial charge in [-0.05, 0) is 5.92 Å². The molecule has 0 bridgehead atoms. The SMILES string of the molecule is COCc1nnc(NC(=O)CN2CC=CC2C(C)C)s1. The third kappa shape index (κ3) is 3.84. The quantitative estimate of drug-likeness (QED) is 0.806. The molecule has 110 valence electrons. The zero-order valence-corrected chi connectivity index (χ0v) is 12.8. The summed E-state index contributed by atoms with van der Waals surface area (Å²) in [5.74, 6) is 0.441. The van der Waals surface area contributed by atoms with Crippen LogP contribution < -0.4 is 5.32 Å². The van der Waals surface area contributed by atoms with Crippen molar-refractivity contribution in [2.75, 3.05) is 25.5 Å². The van der Waals surface area contributed by atoms with Crippen molar-refractivity contribution >= 4 is 22.4 Å². The fourth-order valence-corrected chi connectivity index (χ4v) is 2.95. The zero-order valence-electron chi connectivity index (χ0n) is 12.0. The fourth-order valence-electron chi connectivity index (χ4n) is 2.22. The lowest BCUT2D eigenvalue weighted by molar-refractivity contribution is -0.117. The molecule has 1 atom stereocenters. The smallest absolute Gasteiger partial charge is 0.240 e. The second kappa shape index (κ2) is 6.92. The molecule has 1 unspecified atom stereocenters. The Morgan fingerprint density at radius 3 is 3.10 bits per heavy atom. The van der Waals surface area contributed by atoms with Crippen molar-refractivity contribution in [2.24, 2.45) is 5.92 Å². The average Bonchev–Trinajstić information content (AvgIpc) is 2.99. The highest BCUT2D eigenvalue weighted by Gasteiger charge is 2.24. The maximum atomic E-state index is 12.0. The van der Waals surface area contributed by atoms with Crippen LogP contribution in [0.25, 0.3) is 0 Å². The van der Waals surface area contributed by atoms with E-state index in [2.05, 4.69) is 46.4 Å². The maximum Gasteiger partial charge on any atom is 0.240 e. The number of carbonyl (C=O) groups excluding carboxylic acids is 1. The van der Waals surface area contributed by atoms with Gasteiger partial charge in [0.2, 0.25) is 11.0 Å². The minimum Gasteiger partial charge on any atom is -0.377 e. The molecule has 0 aliphatic carbocycles. The molecule has 0 radical (unpaired) electrons. The summed E-state index contributed by atoms with van der Waals surface area (Å²) in [6, 6.07) is 0.333. The number of amides is 1. The van der Waals surface area contributed by atoms with Crippen molar-refractivity contribution in [3.05, 3.63) is 17.2 Å². The number of nitrogens with one attached hydrogen (secondary N) is 1. The molecule has 0 aromatic carbocycles. The molecule has 2 rings (SSSR count). The summed E-state index contributed by atoms with van der Waals surface area (Å²) in [6.07, 6.45) is 4.28. The van der Waals surface area contributed by atoms with Crippen LogP contribution in [0.1, 0.15) is 18.9 Å². The van der Waals surface area contributed by atoms with Crippen molar-refractivity contribution < 1.29 is 9.53 Å². The van der Waals surface area contributed by atoms with Crippen LogP contribution in [-0.2, 0) is 16.1 Å². The maximum absolute atomic E-state index is 12.0. The highest BCUT2D eigenvalue weighted by Crippen LogP contribution is 2.19. The summed E-state index contributed by atoms with van der Waals surface area (Å²) in [6.45, 7) is 5.93. The predicted octanol–water partition coefficient (Wildman–Crippen LogP) is 1.52. The average molecular weight is 296 g/mol. The molecule has 0 saturated heterocycles. The van der Waals surface area contributed by atoms with E-state index in [1.165, 1.54) is 11.3 Å². The largest absolute Gasteiger partial charge is 0.377 e.